The Morgan fingerprint density at radius 1 is 1.05 bits per heavy atom. The SMILES string of the molecule is C/C=C/C=C/C(=O)[O-].O=C(O)CCSCCC(=O)O.[Na+]. The summed E-state index contributed by atoms with van der Waals surface area (Å²) in [6, 6.07) is 0. The average molecular weight is 312 g/mol. The molecular weight excluding hydrogens is 295 g/mol. The summed E-state index contributed by atoms with van der Waals surface area (Å²) in [4.78, 5) is 29.6. The third-order valence-corrected chi connectivity index (χ3v) is 2.44. The third-order valence-electron chi connectivity index (χ3n) is 1.46. The first-order valence-corrected chi connectivity index (χ1v) is 6.57. The maximum atomic E-state index is 9.97. The normalized spacial score (nSPS) is 9.65. The number of carboxylic acid groups (broad SMARTS) is 3. The molecule has 0 radical (unpaired) electrons. The van der Waals surface area contributed by atoms with Crippen molar-refractivity contribution in [3.8, 4) is 0 Å². The molecule has 0 aliphatic rings. The van der Waals surface area contributed by atoms with Crippen LogP contribution in [0.25, 0.3) is 0 Å². The fraction of sp³-hybridized carbons (Fsp3) is 0.417. The van der Waals surface area contributed by atoms with Crippen molar-refractivity contribution < 1.29 is 59.3 Å². The van der Waals surface area contributed by atoms with Gasteiger partial charge in [-0.2, -0.15) is 11.8 Å². The Balaban J connectivity index is -0.000000288. The molecular formula is C12H17NaO6S. The number of carboxylic acids is 3. The van der Waals surface area contributed by atoms with Crippen molar-refractivity contribution in [3.05, 3.63) is 24.3 Å². The van der Waals surface area contributed by atoms with Crippen molar-refractivity contribution in [1.29, 1.82) is 0 Å². The Labute approximate surface area is 144 Å². The van der Waals surface area contributed by atoms with Gasteiger partial charge in [0, 0.05) is 11.5 Å². The van der Waals surface area contributed by atoms with Crippen molar-refractivity contribution in [2.45, 2.75) is 19.8 Å². The fourth-order valence-electron chi connectivity index (χ4n) is 0.666. The van der Waals surface area contributed by atoms with E-state index < -0.39 is 17.9 Å². The minimum absolute atomic E-state index is 0. The van der Waals surface area contributed by atoms with E-state index in [1.54, 1.807) is 19.1 Å². The Morgan fingerprint density at radius 3 is 1.80 bits per heavy atom. The minimum Gasteiger partial charge on any atom is -0.545 e. The number of carbonyl (C=O) groups excluding carboxylic acids is 1. The molecule has 0 aromatic rings. The molecule has 0 aliphatic heterocycles. The Bertz CT molecular complexity index is 325. The first-order chi connectivity index (χ1) is 8.90. The summed E-state index contributed by atoms with van der Waals surface area (Å²) in [5, 5.41) is 26.0. The van der Waals surface area contributed by atoms with E-state index in [4.69, 9.17) is 10.2 Å². The van der Waals surface area contributed by atoms with E-state index in [1.165, 1.54) is 17.8 Å². The van der Waals surface area contributed by atoms with Gasteiger partial charge < -0.3 is 20.1 Å². The van der Waals surface area contributed by atoms with Crippen LogP contribution in [0.3, 0.4) is 0 Å². The molecule has 0 unspecified atom stereocenters. The molecule has 0 saturated heterocycles. The number of aliphatic carboxylic acids is 3. The maximum Gasteiger partial charge on any atom is 1.00 e. The Hall–Kier alpha value is -0.760. The second-order valence-corrected chi connectivity index (χ2v) is 4.33. The molecule has 0 fully saturated rings. The van der Waals surface area contributed by atoms with Gasteiger partial charge in [0.25, 0.3) is 0 Å². The quantitative estimate of drug-likeness (QED) is 0.221. The van der Waals surface area contributed by atoms with Crippen molar-refractivity contribution in [2.24, 2.45) is 0 Å². The molecule has 0 aliphatic carbocycles. The smallest absolute Gasteiger partial charge is 0.545 e. The van der Waals surface area contributed by atoms with Crippen LogP contribution in [0.2, 0.25) is 0 Å². The van der Waals surface area contributed by atoms with E-state index in [0.29, 0.717) is 11.5 Å². The summed E-state index contributed by atoms with van der Waals surface area (Å²) in [7, 11) is 0. The molecule has 0 aromatic heterocycles. The van der Waals surface area contributed by atoms with Gasteiger partial charge in [0.1, 0.15) is 0 Å². The molecule has 8 heteroatoms. The van der Waals surface area contributed by atoms with Crippen molar-refractivity contribution in [1.82, 2.24) is 0 Å². The topological polar surface area (TPSA) is 115 Å². The van der Waals surface area contributed by atoms with Gasteiger partial charge in [-0.1, -0.05) is 18.2 Å². The van der Waals surface area contributed by atoms with Crippen molar-refractivity contribution in [3.63, 3.8) is 0 Å². The standard InChI is InChI=1S/C6H10O4S.C6H8O2.Na/c7-5(8)1-3-11-4-2-6(9)10;1-2-3-4-5-6(7)8;/h1-4H2,(H,7,8)(H,9,10);2-5H,1H3,(H,7,8);/q;;+1/p-1/b;3-2+,5-4+;. The first-order valence-electron chi connectivity index (χ1n) is 5.41. The molecule has 0 rings (SSSR count). The van der Waals surface area contributed by atoms with Crippen molar-refractivity contribution in [2.75, 3.05) is 11.5 Å². The predicted octanol–water partition coefficient (Wildman–Crippen LogP) is -2.46. The van der Waals surface area contributed by atoms with Gasteiger partial charge in [-0.3, -0.25) is 9.59 Å². The zero-order valence-electron chi connectivity index (χ0n) is 11.6. The number of thioether (sulfide) groups is 1. The molecule has 0 amide bonds. The number of hydrogen-bond acceptors (Lipinski definition) is 5. The van der Waals surface area contributed by atoms with E-state index in [-0.39, 0.29) is 42.4 Å². The van der Waals surface area contributed by atoms with E-state index in [1.807, 2.05) is 0 Å². The summed E-state index contributed by atoms with van der Waals surface area (Å²) >= 11 is 1.35. The Morgan fingerprint density at radius 2 is 1.50 bits per heavy atom. The first kappa shape index (κ1) is 24.3. The van der Waals surface area contributed by atoms with Crippen LogP contribution in [0.15, 0.2) is 24.3 Å². The van der Waals surface area contributed by atoms with Gasteiger partial charge in [0.15, 0.2) is 0 Å². The van der Waals surface area contributed by atoms with Crippen LogP contribution in [0, 0.1) is 0 Å². The summed E-state index contributed by atoms with van der Waals surface area (Å²) < 4.78 is 0. The second kappa shape index (κ2) is 18.2. The van der Waals surface area contributed by atoms with Gasteiger partial charge in [0.2, 0.25) is 0 Å². The molecule has 0 bridgehead atoms. The zero-order valence-corrected chi connectivity index (χ0v) is 14.4. The van der Waals surface area contributed by atoms with Crippen molar-refractivity contribution >= 4 is 29.7 Å². The molecule has 0 heterocycles. The van der Waals surface area contributed by atoms with E-state index in [0.717, 1.165) is 6.08 Å². The van der Waals surface area contributed by atoms with E-state index in [2.05, 4.69) is 0 Å². The van der Waals surface area contributed by atoms with Crippen LogP contribution in [0.4, 0.5) is 0 Å². The van der Waals surface area contributed by atoms with Gasteiger partial charge >= 0.3 is 41.5 Å². The third kappa shape index (κ3) is 30.3. The second-order valence-electron chi connectivity index (χ2n) is 3.10. The predicted molar refractivity (Wildman–Crippen MR) is 70.8 cm³/mol. The van der Waals surface area contributed by atoms with Crippen LogP contribution >= 0.6 is 11.8 Å². The zero-order chi connectivity index (χ0) is 15.1. The number of carbonyl (C=O) groups is 3. The summed E-state index contributed by atoms with van der Waals surface area (Å²) in [5.74, 6) is -1.87. The number of hydrogen-bond donors (Lipinski definition) is 2. The Kier molecular flexibility index (Phi) is 22.1. The average Bonchev–Trinajstić information content (AvgIpc) is 2.28. The minimum atomic E-state index is -1.16. The van der Waals surface area contributed by atoms with Gasteiger partial charge in [-0.25, -0.2) is 0 Å². The summed E-state index contributed by atoms with van der Waals surface area (Å²) in [6.45, 7) is 1.81. The molecule has 6 nitrogen and oxygen atoms in total. The van der Waals surface area contributed by atoms with Gasteiger partial charge in [-0.15, -0.1) is 0 Å². The van der Waals surface area contributed by atoms with Crippen LogP contribution < -0.4 is 34.7 Å². The monoisotopic (exact) mass is 312 g/mol. The van der Waals surface area contributed by atoms with Crippen LogP contribution in [0.1, 0.15) is 19.8 Å². The largest absolute Gasteiger partial charge is 1.00 e. The van der Waals surface area contributed by atoms with Crippen LogP contribution in [-0.2, 0) is 14.4 Å². The fourth-order valence-corrected chi connectivity index (χ4v) is 1.51. The van der Waals surface area contributed by atoms with Gasteiger partial charge in [-0.05, 0) is 13.0 Å². The van der Waals surface area contributed by atoms with E-state index in [9.17, 15) is 19.5 Å². The van der Waals surface area contributed by atoms with Crippen LogP contribution in [0.5, 0.6) is 0 Å². The number of allylic oxidation sites excluding steroid dienone is 3. The molecule has 108 valence electrons. The number of rotatable bonds is 8. The molecule has 0 atom stereocenters. The maximum absolute atomic E-state index is 9.97. The molecule has 0 aromatic carbocycles. The molecule has 2 N–H and O–H groups in total. The van der Waals surface area contributed by atoms with Crippen LogP contribution in [-0.4, -0.2) is 39.6 Å². The summed E-state index contributed by atoms with van der Waals surface area (Å²) in [5.41, 5.74) is 0. The molecule has 20 heavy (non-hydrogen) atoms. The molecule has 0 spiro atoms. The summed E-state index contributed by atoms with van der Waals surface area (Å²) in [6.07, 6.45) is 5.94. The van der Waals surface area contributed by atoms with E-state index >= 15 is 0 Å². The van der Waals surface area contributed by atoms with Gasteiger partial charge in [0.05, 0.1) is 18.8 Å². The molecule has 0 saturated carbocycles.